The van der Waals surface area contributed by atoms with E-state index in [0.717, 1.165) is 29.5 Å². The highest BCUT2D eigenvalue weighted by Gasteiger charge is 2.47. The summed E-state index contributed by atoms with van der Waals surface area (Å²) in [5.41, 5.74) is 3.51. The number of carbonyl (C=O) groups excluding carboxylic acids is 2. The number of methoxy groups -OCH3 is 2. The highest BCUT2D eigenvalue weighted by atomic mass is 16.5. The van der Waals surface area contributed by atoms with Crippen LogP contribution in [0.2, 0.25) is 0 Å². The summed E-state index contributed by atoms with van der Waals surface area (Å²) < 4.78 is 11.1. The topological polar surface area (TPSA) is 67.9 Å². The number of hydrogen-bond donors (Lipinski definition) is 1. The quantitative estimate of drug-likeness (QED) is 0.727. The molecule has 0 unspecified atom stereocenters. The van der Waals surface area contributed by atoms with E-state index >= 15 is 0 Å². The van der Waals surface area contributed by atoms with Crippen LogP contribution in [0.15, 0.2) is 36.4 Å². The number of benzene rings is 2. The molecule has 0 aromatic heterocycles. The molecule has 1 aliphatic carbocycles. The first-order valence-corrected chi connectivity index (χ1v) is 12.4. The fraction of sp³-hybridized carbons (Fsp3) is 0.500. The molecule has 6 nitrogen and oxygen atoms in total. The molecular weight excluding hydrogens is 428 g/mol. The Hall–Kier alpha value is -3.02. The largest absolute Gasteiger partial charge is 0.493 e. The third-order valence-electron chi connectivity index (χ3n) is 8.34. The third kappa shape index (κ3) is 3.64. The molecule has 0 spiro atoms. The van der Waals surface area contributed by atoms with Gasteiger partial charge < -0.3 is 19.7 Å². The predicted octanol–water partition coefficient (Wildman–Crippen LogP) is 4.48. The van der Waals surface area contributed by atoms with Crippen LogP contribution in [-0.2, 0) is 11.2 Å². The van der Waals surface area contributed by atoms with Crippen molar-refractivity contribution in [1.29, 1.82) is 0 Å². The van der Waals surface area contributed by atoms with Gasteiger partial charge in [0.05, 0.1) is 26.2 Å². The van der Waals surface area contributed by atoms with Crippen molar-refractivity contribution in [1.82, 2.24) is 10.2 Å². The minimum atomic E-state index is -0.476. The molecule has 2 amide bonds. The Kier molecular flexibility index (Phi) is 6.00. The highest BCUT2D eigenvalue weighted by Crippen LogP contribution is 2.48. The molecule has 2 aliphatic heterocycles. The van der Waals surface area contributed by atoms with Crippen molar-refractivity contribution in [3.63, 3.8) is 0 Å². The summed E-state index contributed by atoms with van der Waals surface area (Å²) in [6.45, 7) is 5.09. The van der Waals surface area contributed by atoms with E-state index in [1.54, 1.807) is 14.2 Å². The Morgan fingerprint density at radius 1 is 1.03 bits per heavy atom. The van der Waals surface area contributed by atoms with Gasteiger partial charge in [-0.25, -0.2) is 0 Å². The number of nitrogens with zero attached hydrogens (tertiary/aromatic N) is 1. The molecule has 180 valence electrons. The minimum absolute atomic E-state index is 0.00327. The smallest absolute Gasteiger partial charge is 0.254 e. The number of nitrogens with one attached hydrogen (secondary N) is 1. The van der Waals surface area contributed by atoms with Crippen molar-refractivity contribution >= 4 is 11.8 Å². The molecule has 3 aliphatic rings. The van der Waals surface area contributed by atoms with Crippen molar-refractivity contribution in [3.8, 4) is 11.5 Å². The summed E-state index contributed by atoms with van der Waals surface area (Å²) in [5, 5.41) is 3.41. The van der Waals surface area contributed by atoms with E-state index in [9.17, 15) is 9.59 Å². The van der Waals surface area contributed by atoms with Gasteiger partial charge in [-0.15, -0.1) is 0 Å². The molecule has 1 N–H and O–H groups in total. The Labute approximate surface area is 201 Å². The standard InChI is InChI=1S/C28H34N2O4/c1-16-8-7-11-22(17(16)2)29-27(31)25-19-9-5-6-10-20(19)28(32)30-13-12-18-14-23(33-3)24(34-4)15-21(18)26(25)30/h5-6,9-10,14-17,22,25-26H,7-8,11-13H2,1-4H3,(H,29,31)/t16-,17+,22-,25-,26-/m1/s1. The average Bonchev–Trinajstić information content (AvgIpc) is 2.86. The number of rotatable bonds is 4. The van der Waals surface area contributed by atoms with Gasteiger partial charge in [0.15, 0.2) is 11.5 Å². The first kappa shape index (κ1) is 22.8. The van der Waals surface area contributed by atoms with E-state index < -0.39 is 5.92 Å². The van der Waals surface area contributed by atoms with E-state index in [4.69, 9.17) is 9.47 Å². The van der Waals surface area contributed by atoms with Crippen molar-refractivity contribution in [2.45, 2.75) is 57.5 Å². The molecule has 2 aromatic carbocycles. The number of hydrogen-bond acceptors (Lipinski definition) is 4. The number of amides is 2. The summed E-state index contributed by atoms with van der Waals surface area (Å²) in [6.07, 6.45) is 4.05. The number of fused-ring (bicyclic) bond motifs is 4. The maximum absolute atomic E-state index is 14.0. The number of ether oxygens (including phenoxy) is 2. The van der Waals surface area contributed by atoms with Gasteiger partial charge in [0.2, 0.25) is 5.91 Å². The van der Waals surface area contributed by atoms with Crippen LogP contribution in [-0.4, -0.2) is 43.5 Å². The molecule has 0 radical (unpaired) electrons. The summed E-state index contributed by atoms with van der Waals surface area (Å²) in [5.74, 6) is 1.82. The van der Waals surface area contributed by atoms with Gasteiger partial charge >= 0.3 is 0 Å². The van der Waals surface area contributed by atoms with Crippen molar-refractivity contribution in [2.24, 2.45) is 11.8 Å². The summed E-state index contributed by atoms with van der Waals surface area (Å²) in [7, 11) is 3.24. The summed E-state index contributed by atoms with van der Waals surface area (Å²) >= 11 is 0. The molecule has 0 bridgehead atoms. The van der Waals surface area contributed by atoms with Gasteiger partial charge in [0.25, 0.3) is 5.91 Å². The lowest BCUT2D eigenvalue weighted by Crippen LogP contribution is -2.52. The van der Waals surface area contributed by atoms with Gasteiger partial charge in [-0.05, 0) is 59.6 Å². The molecule has 2 aromatic rings. The zero-order chi connectivity index (χ0) is 24.0. The molecule has 5 rings (SSSR count). The second kappa shape index (κ2) is 8.97. The second-order valence-corrected chi connectivity index (χ2v) is 10.0. The van der Waals surface area contributed by atoms with Crippen LogP contribution in [0.5, 0.6) is 11.5 Å². The second-order valence-electron chi connectivity index (χ2n) is 10.0. The molecule has 34 heavy (non-hydrogen) atoms. The van der Waals surface area contributed by atoms with Crippen LogP contribution >= 0.6 is 0 Å². The Bertz CT molecular complexity index is 1110. The lowest BCUT2D eigenvalue weighted by molar-refractivity contribution is -0.125. The fourth-order valence-electron chi connectivity index (χ4n) is 6.19. The van der Waals surface area contributed by atoms with Crippen LogP contribution in [0.25, 0.3) is 0 Å². The molecule has 5 atom stereocenters. The van der Waals surface area contributed by atoms with Gasteiger partial charge in [0, 0.05) is 18.2 Å². The van der Waals surface area contributed by atoms with Gasteiger partial charge in [0.1, 0.15) is 0 Å². The van der Waals surface area contributed by atoms with E-state index in [0.29, 0.717) is 41.9 Å². The first-order valence-electron chi connectivity index (χ1n) is 12.4. The van der Waals surface area contributed by atoms with Crippen LogP contribution in [0.4, 0.5) is 0 Å². The zero-order valence-electron chi connectivity index (χ0n) is 20.5. The summed E-state index contributed by atoms with van der Waals surface area (Å²) in [6, 6.07) is 11.3. The molecule has 0 saturated heterocycles. The van der Waals surface area contributed by atoms with Crippen LogP contribution in [0.3, 0.4) is 0 Å². The van der Waals surface area contributed by atoms with E-state index in [1.165, 1.54) is 6.42 Å². The van der Waals surface area contributed by atoms with E-state index in [2.05, 4.69) is 19.2 Å². The molecule has 6 heteroatoms. The van der Waals surface area contributed by atoms with Crippen LogP contribution < -0.4 is 14.8 Å². The SMILES string of the molecule is COc1cc2c(cc1OC)[C@@H]1[C@H](C(=O)N[C@@H]3CCC[C@@H](C)[C@@H]3C)c3ccccc3C(=O)N1CC2. The maximum atomic E-state index is 14.0. The van der Waals surface area contributed by atoms with Crippen molar-refractivity contribution < 1.29 is 19.1 Å². The normalized spacial score (nSPS) is 27.8. The van der Waals surface area contributed by atoms with Crippen LogP contribution in [0.1, 0.15) is 72.1 Å². The monoisotopic (exact) mass is 462 g/mol. The van der Waals surface area contributed by atoms with E-state index in [-0.39, 0.29) is 23.9 Å². The molecule has 1 fully saturated rings. The average molecular weight is 463 g/mol. The van der Waals surface area contributed by atoms with E-state index in [1.807, 2.05) is 41.3 Å². The Balaban J connectivity index is 1.60. The molecule has 1 saturated carbocycles. The summed E-state index contributed by atoms with van der Waals surface area (Å²) in [4.78, 5) is 29.4. The zero-order valence-corrected chi connectivity index (χ0v) is 20.5. The van der Waals surface area contributed by atoms with Gasteiger partial charge in [-0.3, -0.25) is 9.59 Å². The fourth-order valence-corrected chi connectivity index (χ4v) is 6.19. The molecular formula is C28H34N2O4. The Morgan fingerprint density at radius 2 is 1.76 bits per heavy atom. The highest BCUT2D eigenvalue weighted by molar-refractivity contribution is 6.01. The van der Waals surface area contributed by atoms with Crippen molar-refractivity contribution in [2.75, 3.05) is 20.8 Å². The lowest BCUT2D eigenvalue weighted by atomic mass is 9.74. The number of carbonyl (C=O) groups is 2. The van der Waals surface area contributed by atoms with Crippen molar-refractivity contribution in [3.05, 3.63) is 58.7 Å². The van der Waals surface area contributed by atoms with Gasteiger partial charge in [-0.2, -0.15) is 0 Å². The Morgan fingerprint density at radius 3 is 2.53 bits per heavy atom. The molecule has 2 heterocycles. The minimum Gasteiger partial charge on any atom is -0.493 e. The van der Waals surface area contributed by atoms with Crippen LogP contribution in [0, 0.1) is 11.8 Å². The van der Waals surface area contributed by atoms with Gasteiger partial charge in [-0.1, -0.05) is 44.9 Å². The first-order chi connectivity index (χ1) is 16.4. The predicted molar refractivity (Wildman–Crippen MR) is 130 cm³/mol. The lowest BCUT2D eigenvalue weighted by Gasteiger charge is -2.46. The third-order valence-corrected chi connectivity index (χ3v) is 8.34. The maximum Gasteiger partial charge on any atom is 0.254 e.